The molecule has 0 saturated heterocycles. The highest BCUT2D eigenvalue weighted by atomic mass is 32.2. The van der Waals surface area contributed by atoms with Gasteiger partial charge in [0.15, 0.2) is 9.84 Å². The number of hydrogen-bond acceptors (Lipinski definition) is 5. The van der Waals surface area contributed by atoms with Crippen molar-refractivity contribution in [2.24, 2.45) is 5.92 Å². The highest BCUT2D eigenvalue weighted by molar-refractivity contribution is 7.91. The number of hydrogen-bond donors (Lipinski definition) is 1. The van der Waals surface area contributed by atoms with Gasteiger partial charge in [0.1, 0.15) is 0 Å². The van der Waals surface area contributed by atoms with Gasteiger partial charge in [-0.15, -0.1) is 0 Å². The van der Waals surface area contributed by atoms with E-state index >= 15 is 0 Å². The number of aliphatic carboxylic acids is 1. The second-order valence-corrected chi connectivity index (χ2v) is 9.25. The summed E-state index contributed by atoms with van der Waals surface area (Å²) in [6.45, 7) is 2.74. The molecule has 0 fully saturated rings. The lowest BCUT2D eigenvalue weighted by molar-refractivity contribution is -0.141. The normalized spacial score (nSPS) is 14.0. The highest BCUT2D eigenvalue weighted by Gasteiger charge is 2.27. The fourth-order valence-electron chi connectivity index (χ4n) is 1.82. The number of carboxylic acids is 1. The zero-order valence-electron chi connectivity index (χ0n) is 12.8. The number of sulfone groups is 1. The Bertz CT molecular complexity index is 783. The van der Waals surface area contributed by atoms with Crippen LogP contribution in [0.1, 0.15) is 12.5 Å². The summed E-state index contributed by atoms with van der Waals surface area (Å²) in [4.78, 5) is 10.6. The number of sulfonamides is 1. The molecule has 7 nitrogen and oxygen atoms in total. The quantitative estimate of drug-likeness (QED) is 0.811. The number of rotatable bonds is 6. The van der Waals surface area contributed by atoms with Crippen molar-refractivity contribution in [1.29, 1.82) is 0 Å². The van der Waals surface area contributed by atoms with Gasteiger partial charge in [-0.1, -0.05) is 13.0 Å². The van der Waals surface area contributed by atoms with Gasteiger partial charge in [0.25, 0.3) is 0 Å². The van der Waals surface area contributed by atoms with Gasteiger partial charge in [0.05, 0.1) is 15.7 Å². The van der Waals surface area contributed by atoms with Gasteiger partial charge in [-0.2, -0.15) is 0 Å². The zero-order chi connectivity index (χ0) is 17.3. The Morgan fingerprint density at radius 1 is 1.27 bits per heavy atom. The smallest absolute Gasteiger partial charge is 0.307 e. The van der Waals surface area contributed by atoms with Crippen LogP contribution in [0, 0.1) is 12.8 Å². The first-order chi connectivity index (χ1) is 9.87. The average molecular weight is 349 g/mol. The molecule has 1 N–H and O–H groups in total. The molecule has 0 spiro atoms. The van der Waals surface area contributed by atoms with Gasteiger partial charge in [0, 0.05) is 19.8 Å². The van der Waals surface area contributed by atoms with Crippen LogP contribution >= 0.6 is 0 Å². The topological polar surface area (TPSA) is 109 Å². The molecule has 1 aromatic carbocycles. The summed E-state index contributed by atoms with van der Waals surface area (Å²) in [6.07, 6.45) is 0.990. The van der Waals surface area contributed by atoms with Gasteiger partial charge < -0.3 is 5.11 Å². The van der Waals surface area contributed by atoms with Crippen molar-refractivity contribution < 1.29 is 26.7 Å². The molecule has 1 aromatic rings. The first-order valence-corrected chi connectivity index (χ1v) is 9.70. The fraction of sp³-hybridized carbons (Fsp3) is 0.462. The van der Waals surface area contributed by atoms with Crippen molar-refractivity contribution in [3.8, 4) is 0 Å². The van der Waals surface area contributed by atoms with Crippen molar-refractivity contribution in [1.82, 2.24) is 4.31 Å². The van der Waals surface area contributed by atoms with E-state index in [0.717, 1.165) is 16.6 Å². The SMILES string of the molecule is Cc1ccc(S(C)(=O)=O)cc1S(=O)(=O)N(C)CC(C)C(=O)O. The van der Waals surface area contributed by atoms with Crippen LogP contribution in [0.3, 0.4) is 0 Å². The Morgan fingerprint density at radius 3 is 2.27 bits per heavy atom. The molecule has 0 radical (unpaired) electrons. The van der Waals surface area contributed by atoms with Crippen LogP contribution in [0.15, 0.2) is 28.0 Å². The molecule has 0 aliphatic rings. The van der Waals surface area contributed by atoms with E-state index in [2.05, 4.69) is 0 Å². The summed E-state index contributed by atoms with van der Waals surface area (Å²) >= 11 is 0. The predicted molar refractivity (Wildman–Crippen MR) is 80.9 cm³/mol. The predicted octanol–water partition coefficient (Wildman–Crippen LogP) is 0.740. The molecular formula is C13H19NO6S2. The summed E-state index contributed by atoms with van der Waals surface area (Å²) in [5.74, 6) is -1.98. The van der Waals surface area contributed by atoms with Crippen LogP contribution in [-0.4, -0.2) is 52.1 Å². The molecule has 9 heteroatoms. The molecule has 1 unspecified atom stereocenters. The Morgan fingerprint density at radius 2 is 1.82 bits per heavy atom. The van der Waals surface area contributed by atoms with Crippen molar-refractivity contribution in [3.05, 3.63) is 23.8 Å². The lowest BCUT2D eigenvalue weighted by Gasteiger charge is -2.20. The first-order valence-electron chi connectivity index (χ1n) is 6.37. The third-order valence-corrected chi connectivity index (χ3v) is 6.30. The first kappa shape index (κ1) is 18.6. The van der Waals surface area contributed by atoms with E-state index in [1.165, 1.54) is 26.1 Å². The van der Waals surface area contributed by atoms with Gasteiger partial charge >= 0.3 is 5.97 Å². The lowest BCUT2D eigenvalue weighted by Crippen LogP contribution is -2.34. The summed E-state index contributed by atoms with van der Waals surface area (Å²) in [5.41, 5.74) is 0.391. The van der Waals surface area contributed by atoms with Gasteiger partial charge in [-0.3, -0.25) is 4.79 Å². The molecule has 0 aliphatic heterocycles. The van der Waals surface area contributed by atoms with E-state index in [9.17, 15) is 21.6 Å². The van der Waals surface area contributed by atoms with E-state index in [4.69, 9.17) is 5.11 Å². The Balaban J connectivity index is 3.31. The molecule has 22 heavy (non-hydrogen) atoms. The summed E-state index contributed by atoms with van der Waals surface area (Å²) in [7, 11) is -6.25. The van der Waals surface area contributed by atoms with E-state index in [1.54, 1.807) is 6.92 Å². The molecule has 0 aromatic heterocycles. The lowest BCUT2D eigenvalue weighted by atomic mass is 10.2. The van der Waals surface area contributed by atoms with E-state index < -0.39 is 31.7 Å². The Kier molecular flexibility index (Phi) is 5.37. The minimum absolute atomic E-state index is 0.101. The molecule has 0 heterocycles. The minimum Gasteiger partial charge on any atom is -0.481 e. The highest BCUT2D eigenvalue weighted by Crippen LogP contribution is 2.23. The molecule has 0 amide bonds. The summed E-state index contributed by atoms with van der Waals surface area (Å²) in [6, 6.07) is 3.85. The van der Waals surface area contributed by atoms with E-state index in [-0.39, 0.29) is 16.3 Å². The van der Waals surface area contributed by atoms with Crippen LogP contribution in [0.2, 0.25) is 0 Å². The van der Waals surface area contributed by atoms with Crippen LogP contribution in [0.4, 0.5) is 0 Å². The van der Waals surface area contributed by atoms with Crippen molar-refractivity contribution >= 4 is 25.8 Å². The minimum atomic E-state index is -3.98. The third kappa shape index (κ3) is 4.05. The molecular weight excluding hydrogens is 330 g/mol. The zero-order valence-corrected chi connectivity index (χ0v) is 14.4. The number of carboxylic acid groups (broad SMARTS) is 1. The molecule has 1 rings (SSSR count). The monoisotopic (exact) mass is 349 g/mol. The maximum Gasteiger partial charge on any atom is 0.307 e. The molecule has 0 saturated carbocycles. The van der Waals surface area contributed by atoms with Gasteiger partial charge in [-0.25, -0.2) is 21.1 Å². The molecule has 124 valence electrons. The van der Waals surface area contributed by atoms with E-state index in [1.807, 2.05) is 0 Å². The number of benzene rings is 1. The Labute approximate surface area is 130 Å². The number of carbonyl (C=O) groups is 1. The number of nitrogens with zero attached hydrogens (tertiary/aromatic N) is 1. The second kappa shape index (κ2) is 6.35. The van der Waals surface area contributed by atoms with Gasteiger partial charge in [-0.05, 0) is 24.6 Å². The van der Waals surface area contributed by atoms with Crippen LogP contribution in [0.25, 0.3) is 0 Å². The average Bonchev–Trinajstić information content (AvgIpc) is 2.37. The fourth-order valence-corrected chi connectivity index (χ4v) is 4.05. The second-order valence-electron chi connectivity index (χ2n) is 5.22. The molecule has 1 atom stereocenters. The molecule has 0 aliphatic carbocycles. The van der Waals surface area contributed by atoms with Crippen molar-refractivity contribution in [2.75, 3.05) is 19.8 Å². The third-order valence-electron chi connectivity index (χ3n) is 3.23. The Hall–Kier alpha value is -1.45. The van der Waals surface area contributed by atoms with E-state index in [0.29, 0.717) is 5.56 Å². The largest absolute Gasteiger partial charge is 0.481 e. The van der Waals surface area contributed by atoms with Crippen LogP contribution < -0.4 is 0 Å². The van der Waals surface area contributed by atoms with Crippen molar-refractivity contribution in [2.45, 2.75) is 23.6 Å². The summed E-state index contributed by atoms with van der Waals surface area (Å²) < 4.78 is 49.1. The van der Waals surface area contributed by atoms with Crippen molar-refractivity contribution in [3.63, 3.8) is 0 Å². The number of aryl methyl sites for hydroxylation is 1. The van der Waals surface area contributed by atoms with Crippen LogP contribution in [-0.2, 0) is 24.7 Å². The summed E-state index contributed by atoms with van der Waals surface area (Å²) in [5, 5.41) is 8.87. The standard InChI is InChI=1S/C13H19NO6S2/c1-9-5-6-11(21(4,17)18)7-12(9)22(19,20)14(3)8-10(2)13(15)16/h5-7,10H,8H2,1-4H3,(H,15,16). The molecule has 0 bridgehead atoms. The van der Waals surface area contributed by atoms with Crippen LogP contribution in [0.5, 0.6) is 0 Å². The maximum atomic E-state index is 12.5. The maximum absolute atomic E-state index is 12.5. The van der Waals surface area contributed by atoms with Gasteiger partial charge in [0.2, 0.25) is 10.0 Å².